The molecular weight excluding hydrogens is 323 g/mol. The summed E-state index contributed by atoms with van der Waals surface area (Å²) in [5.41, 5.74) is 0. The zero-order chi connectivity index (χ0) is 17.6. The van der Waals surface area contributed by atoms with Crippen LogP contribution in [0.4, 0.5) is 9.18 Å². The number of carbonyl (C=O) groups is 1. The van der Waals surface area contributed by atoms with E-state index in [-0.39, 0.29) is 23.9 Å². The number of aromatic nitrogens is 2. The topological polar surface area (TPSA) is 70.2 Å². The summed E-state index contributed by atoms with van der Waals surface area (Å²) in [7, 11) is 0. The molecule has 0 spiro atoms. The van der Waals surface area contributed by atoms with E-state index in [1.165, 1.54) is 12.1 Å². The van der Waals surface area contributed by atoms with Gasteiger partial charge in [0.1, 0.15) is 23.5 Å². The molecular formula is C18H23FN4O2. The fourth-order valence-electron chi connectivity index (χ4n) is 3.02. The molecule has 2 N–H and O–H groups in total. The summed E-state index contributed by atoms with van der Waals surface area (Å²) in [4.78, 5) is 21.6. The molecule has 1 aromatic carbocycles. The highest BCUT2D eigenvalue weighted by atomic mass is 19.1. The molecule has 2 atom stereocenters. The van der Waals surface area contributed by atoms with Crippen LogP contribution < -0.4 is 10.1 Å². The number of ether oxygens (including phenoxy) is 1. The number of carbonyl (C=O) groups excluding carboxylic acids is 1. The van der Waals surface area contributed by atoms with Crippen LogP contribution in [0.15, 0.2) is 36.7 Å². The van der Waals surface area contributed by atoms with Crippen molar-refractivity contribution in [3.63, 3.8) is 0 Å². The Labute approximate surface area is 146 Å². The summed E-state index contributed by atoms with van der Waals surface area (Å²) >= 11 is 0. The van der Waals surface area contributed by atoms with Crippen molar-refractivity contribution in [1.29, 1.82) is 0 Å². The first kappa shape index (κ1) is 17.3. The molecule has 2 heterocycles. The number of amides is 2. The van der Waals surface area contributed by atoms with E-state index in [0.29, 0.717) is 18.8 Å². The van der Waals surface area contributed by atoms with E-state index in [0.717, 1.165) is 25.2 Å². The van der Waals surface area contributed by atoms with Crippen LogP contribution in [0.5, 0.6) is 5.75 Å². The minimum absolute atomic E-state index is 0.0918. The van der Waals surface area contributed by atoms with Crippen molar-refractivity contribution in [1.82, 2.24) is 20.2 Å². The van der Waals surface area contributed by atoms with Gasteiger partial charge in [-0.2, -0.15) is 0 Å². The molecule has 1 fully saturated rings. The second kappa shape index (κ2) is 8.00. The summed E-state index contributed by atoms with van der Waals surface area (Å²) in [5.74, 6) is 1.47. The SMILES string of the molecule is C[C@H](CNC(=O)N1CCC[C@H](c2ncc[nH]2)C1)Oc1ccc(F)cc1. The summed E-state index contributed by atoms with van der Waals surface area (Å²) in [6, 6.07) is 5.76. The number of H-pyrrole nitrogens is 1. The van der Waals surface area contributed by atoms with E-state index in [1.54, 1.807) is 18.3 Å². The van der Waals surface area contributed by atoms with Crippen LogP contribution in [0.2, 0.25) is 0 Å². The number of nitrogens with one attached hydrogen (secondary N) is 2. The van der Waals surface area contributed by atoms with Crippen LogP contribution in [0.3, 0.4) is 0 Å². The van der Waals surface area contributed by atoms with Gasteiger partial charge < -0.3 is 19.9 Å². The number of aromatic amines is 1. The minimum Gasteiger partial charge on any atom is -0.489 e. The van der Waals surface area contributed by atoms with Crippen LogP contribution in [-0.2, 0) is 0 Å². The van der Waals surface area contributed by atoms with Crippen molar-refractivity contribution in [2.75, 3.05) is 19.6 Å². The van der Waals surface area contributed by atoms with Gasteiger partial charge in [0.2, 0.25) is 0 Å². The Morgan fingerprint density at radius 3 is 3.00 bits per heavy atom. The van der Waals surface area contributed by atoms with Gasteiger partial charge in [-0.3, -0.25) is 0 Å². The molecule has 0 saturated carbocycles. The molecule has 1 saturated heterocycles. The van der Waals surface area contributed by atoms with Crippen LogP contribution >= 0.6 is 0 Å². The maximum Gasteiger partial charge on any atom is 0.317 e. The number of likely N-dealkylation sites (tertiary alicyclic amines) is 1. The van der Waals surface area contributed by atoms with Crippen molar-refractivity contribution in [2.45, 2.75) is 31.8 Å². The quantitative estimate of drug-likeness (QED) is 0.874. The van der Waals surface area contributed by atoms with E-state index in [4.69, 9.17) is 4.74 Å². The Morgan fingerprint density at radius 1 is 1.48 bits per heavy atom. The number of benzene rings is 1. The summed E-state index contributed by atoms with van der Waals surface area (Å²) in [5, 5.41) is 2.91. The fraction of sp³-hybridized carbons (Fsp3) is 0.444. The van der Waals surface area contributed by atoms with Crippen molar-refractivity contribution in [3.8, 4) is 5.75 Å². The van der Waals surface area contributed by atoms with Crippen molar-refractivity contribution in [3.05, 3.63) is 48.3 Å². The maximum absolute atomic E-state index is 12.9. The first-order valence-corrected chi connectivity index (χ1v) is 8.56. The van der Waals surface area contributed by atoms with Gasteiger partial charge in [0, 0.05) is 31.4 Å². The molecule has 0 radical (unpaired) electrons. The lowest BCUT2D eigenvalue weighted by Crippen LogP contribution is -2.47. The average molecular weight is 346 g/mol. The van der Waals surface area contributed by atoms with Gasteiger partial charge in [-0.1, -0.05) is 0 Å². The molecule has 6 nitrogen and oxygen atoms in total. The number of hydrogen-bond donors (Lipinski definition) is 2. The Morgan fingerprint density at radius 2 is 2.28 bits per heavy atom. The van der Waals surface area contributed by atoms with Gasteiger partial charge in [-0.25, -0.2) is 14.2 Å². The van der Waals surface area contributed by atoms with Gasteiger partial charge in [0.05, 0.1) is 6.54 Å². The predicted molar refractivity (Wildman–Crippen MR) is 92.0 cm³/mol. The largest absolute Gasteiger partial charge is 0.489 e. The van der Waals surface area contributed by atoms with Gasteiger partial charge in [0.25, 0.3) is 0 Å². The highest BCUT2D eigenvalue weighted by Gasteiger charge is 2.26. The molecule has 3 rings (SSSR count). The average Bonchev–Trinajstić information content (AvgIpc) is 3.16. The van der Waals surface area contributed by atoms with Crippen LogP contribution in [0.25, 0.3) is 0 Å². The Kier molecular flexibility index (Phi) is 5.53. The third kappa shape index (κ3) is 4.71. The van der Waals surface area contributed by atoms with Gasteiger partial charge in [-0.15, -0.1) is 0 Å². The Hall–Kier alpha value is -2.57. The molecule has 0 unspecified atom stereocenters. The number of imidazole rings is 1. The monoisotopic (exact) mass is 346 g/mol. The lowest BCUT2D eigenvalue weighted by molar-refractivity contribution is 0.168. The fourth-order valence-corrected chi connectivity index (χ4v) is 3.02. The second-order valence-corrected chi connectivity index (χ2v) is 6.33. The predicted octanol–water partition coefficient (Wildman–Crippen LogP) is 2.91. The second-order valence-electron chi connectivity index (χ2n) is 6.33. The number of rotatable bonds is 5. The third-order valence-corrected chi connectivity index (χ3v) is 4.31. The summed E-state index contributed by atoms with van der Waals surface area (Å²) in [6.45, 7) is 3.66. The van der Waals surface area contributed by atoms with E-state index in [9.17, 15) is 9.18 Å². The van der Waals surface area contributed by atoms with Crippen molar-refractivity contribution >= 4 is 6.03 Å². The highest BCUT2D eigenvalue weighted by molar-refractivity contribution is 5.74. The maximum atomic E-state index is 12.9. The zero-order valence-electron chi connectivity index (χ0n) is 14.2. The number of urea groups is 1. The van der Waals surface area contributed by atoms with Gasteiger partial charge >= 0.3 is 6.03 Å². The standard InChI is InChI=1S/C18H23FN4O2/c1-13(25-16-6-4-15(19)5-7-16)11-22-18(24)23-10-2-3-14(12-23)17-20-8-9-21-17/h4-9,13-14H,2-3,10-12H2,1H3,(H,20,21)(H,22,24)/t13-,14+/m1/s1. The molecule has 1 aliphatic heterocycles. The van der Waals surface area contributed by atoms with Gasteiger partial charge in [0.15, 0.2) is 0 Å². The lowest BCUT2D eigenvalue weighted by atomic mass is 9.98. The van der Waals surface area contributed by atoms with Gasteiger partial charge in [-0.05, 0) is 44.0 Å². The Balaban J connectivity index is 1.46. The number of piperidine rings is 1. The number of nitrogens with zero attached hydrogens (tertiary/aromatic N) is 2. The molecule has 0 bridgehead atoms. The minimum atomic E-state index is -0.301. The van der Waals surface area contributed by atoms with Crippen LogP contribution in [0, 0.1) is 5.82 Å². The summed E-state index contributed by atoms with van der Waals surface area (Å²) < 4.78 is 18.6. The van der Waals surface area contributed by atoms with Crippen LogP contribution in [-0.4, -0.2) is 46.6 Å². The van der Waals surface area contributed by atoms with E-state index < -0.39 is 0 Å². The molecule has 7 heteroatoms. The molecule has 134 valence electrons. The highest BCUT2D eigenvalue weighted by Crippen LogP contribution is 2.24. The molecule has 2 aromatic rings. The van der Waals surface area contributed by atoms with E-state index >= 15 is 0 Å². The molecule has 0 aliphatic carbocycles. The van der Waals surface area contributed by atoms with E-state index in [1.807, 2.05) is 18.0 Å². The molecule has 25 heavy (non-hydrogen) atoms. The van der Waals surface area contributed by atoms with E-state index in [2.05, 4.69) is 15.3 Å². The molecule has 1 aromatic heterocycles. The number of hydrogen-bond acceptors (Lipinski definition) is 3. The molecule has 1 aliphatic rings. The van der Waals surface area contributed by atoms with Crippen molar-refractivity contribution < 1.29 is 13.9 Å². The normalized spacial score (nSPS) is 18.6. The first-order valence-electron chi connectivity index (χ1n) is 8.56. The first-order chi connectivity index (χ1) is 12.1. The zero-order valence-corrected chi connectivity index (χ0v) is 14.2. The third-order valence-electron chi connectivity index (χ3n) is 4.31. The summed E-state index contributed by atoms with van der Waals surface area (Å²) in [6.07, 6.45) is 5.33. The van der Waals surface area contributed by atoms with Crippen LogP contribution in [0.1, 0.15) is 31.5 Å². The smallest absolute Gasteiger partial charge is 0.317 e. The number of halogens is 1. The lowest BCUT2D eigenvalue weighted by Gasteiger charge is -2.32. The Bertz CT molecular complexity index is 675. The molecule has 2 amide bonds. The van der Waals surface area contributed by atoms with Crippen molar-refractivity contribution in [2.24, 2.45) is 0 Å².